The minimum atomic E-state index is -0.456. The first-order valence-corrected chi connectivity index (χ1v) is 5.28. The number of hydrogen-bond acceptors (Lipinski definition) is 2. The van der Waals surface area contributed by atoms with E-state index in [-0.39, 0.29) is 11.9 Å². The lowest BCUT2D eigenvalue weighted by atomic mass is 10.0. The van der Waals surface area contributed by atoms with E-state index in [0.29, 0.717) is 13.0 Å². The van der Waals surface area contributed by atoms with Crippen molar-refractivity contribution in [1.29, 1.82) is 5.26 Å². The van der Waals surface area contributed by atoms with Crippen LogP contribution in [-0.2, 0) is 4.79 Å². The smallest absolute Gasteiger partial charge is 0.240 e. The normalized spacial score (nSPS) is 12.3. The summed E-state index contributed by atoms with van der Waals surface area (Å²) in [7, 11) is 0. The van der Waals surface area contributed by atoms with Crippen LogP contribution >= 0.6 is 0 Å². The first-order chi connectivity index (χ1) is 6.58. The second-order valence-corrected chi connectivity index (χ2v) is 3.69. The Labute approximate surface area is 86.7 Å². The molecule has 1 atom stereocenters. The summed E-state index contributed by atoms with van der Waals surface area (Å²) in [6.07, 6.45) is 1.54. The molecule has 3 nitrogen and oxygen atoms in total. The molecule has 0 saturated heterocycles. The van der Waals surface area contributed by atoms with Gasteiger partial charge in [-0.25, -0.2) is 0 Å². The minimum absolute atomic E-state index is 0.0214. The fourth-order valence-electron chi connectivity index (χ4n) is 1.51. The van der Waals surface area contributed by atoms with E-state index in [1.54, 1.807) is 4.90 Å². The van der Waals surface area contributed by atoms with Crippen molar-refractivity contribution in [3.63, 3.8) is 0 Å². The molecule has 0 spiro atoms. The van der Waals surface area contributed by atoms with Gasteiger partial charge in [-0.1, -0.05) is 13.3 Å². The summed E-state index contributed by atoms with van der Waals surface area (Å²) in [5.74, 6) is -0.478. The van der Waals surface area contributed by atoms with Crippen molar-refractivity contribution >= 4 is 5.91 Å². The largest absolute Gasteiger partial charge is 0.339 e. The van der Waals surface area contributed by atoms with Crippen LogP contribution in [0.4, 0.5) is 0 Å². The van der Waals surface area contributed by atoms with Gasteiger partial charge in [-0.2, -0.15) is 5.26 Å². The van der Waals surface area contributed by atoms with Gasteiger partial charge in [0.1, 0.15) is 5.92 Å². The average Bonchev–Trinajstić information content (AvgIpc) is 2.14. The van der Waals surface area contributed by atoms with E-state index in [9.17, 15) is 4.79 Å². The molecule has 1 amide bonds. The minimum Gasteiger partial charge on any atom is -0.339 e. The van der Waals surface area contributed by atoms with Crippen LogP contribution in [-0.4, -0.2) is 23.4 Å². The highest BCUT2D eigenvalue weighted by Gasteiger charge is 2.23. The van der Waals surface area contributed by atoms with Crippen molar-refractivity contribution in [3.8, 4) is 6.07 Å². The molecule has 0 bridgehead atoms. The monoisotopic (exact) mass is 196 g/mol. The predicted octanol–water partition coefficient (Wildman–Crippen LogP) is 2.18. The Morgan fingerprint density at radius 1 is 1.43 bits per heavy atom. The number of rotatable bonds is 5. The Morgan fingerprint density at radius 3 is 2.29 bits per heavy atom. The number of hydrogen-bond donors (Lipinski definition) is 0. The molecule has 0 aromatic rings. The molecule has 14 heavy (non-hydrogen) atoms. The maximum absolute atomic E-state index is 11.8. The molecule has 80 valence electrons. The lowest BCUT2D eigenvalue weighted by molar-refractivity contribution is -0.135. The Kier molecular flexibility index (Phi) is 5.94. The van der Waals surface area contributed by atoms with Crippen molar-refractivity contribution in [2.75, 3.05) is 6.54 Å². The van der Waals surface area contributed by atoms with E-state index in [2.05, 4.69) is 6.07 Å². The van der Waals surface area contributed by atoms with Gasteiger partial charge in [-0.15, -0.1) is 0 Å². The Morgan fingerprint density at radius 2 is 2.00 bits per heavy atom. The zero-order valence-electron chi connectivity index (χ0n) is 9.58. The van der Waals surface area contributed by atoms with E-state index in [1.807, 2.05) is 27.7 Å². The summed E-state index contributed by atoms with van der Waals surface area (Å²) >= 11 is 0. The molecule has 0 N–H and O–H groups in total. The van der Waals surface area contributed by atoms with Crippen molar-refractivity contribution in [2.45, 2.75) is 46.6 Å². The quantitative estimate of drug-likeness (QED) is 0.676. The number of nitrogens with zero attached hydrogens (tertiary/aromatic N) is 2. The summed E-state index contributed by atoms with van der Waals surface area (Å²) in [5, 5.41) is 8.86. The average molecular weight is 196 g/mol. The third-order valence-corrected chi connectivity index (χ3v) is 2.28. The topological polar surface area (TPSA) is 44.1 Å². The second kappa shape index (κ2) is 6.42. The van der Waals surface area contributed by atoms with E-state index < -0.39 is 5.92 Å². The lowest BCUT2D eigenvalue weighted by Gasteiger charge is -2.27. The van der Waals surface area contributed by atoms with Crippen LogP contribution in [0.25, 0.3) is 0 Å². The van der Waals surface area contributed by atoms with Gasteiger partial charge in [-0.05, 0) is 27.2 Å². The number of nitriles is 1. The highest BCUT2D eigenvalue weighted by molar-refractivity contribution is 5.81. The molecule has 0 heterocycles. The first-order valence-electron chi connectivity index (χ1n) is 5.28. The number of amides is 1. The van der Waals surface area contributed by atoms with E-state index >= 15 is 0 Å². The van der Waals surface area contributed by atoms with Crippen molar-refractivity contribution < 1.29 is 4.79 Å². The molecule has 0 aliphatic carbocycles. The Hall–Kier alpha value is -1.04. The van der Waals surface area contributed by atoms with Gasteiger partial charge in [-0.3, -0.25) is 4.79 Å². The SMILES string of the molecule is CCCC(C#N)C(=O)N(CC)C(C)C. The van der Waals surface area contributed by atoms with Crippen LogP contribution in [0.1, 0.15) is 40.5 Å². The van der Waals surface area contributed by atoms with Crippen LogP contribution in [0.2, 0.25) is 0 Å². The number of carbonyl (C=O) groups excluding carboxylic acids is 1. The molecule has 3 heteroatoms. The molecule has 0 rings (SSSR count). The maximum Gasteiger partial charge on any atom is 0.240 e. The summed E-state index contributed by atoms with van der Waals surface area (Å²) < 4.78 is 0. The van der Waals surface area contributed by atoms with Crippen LogP contribution in [0, 0.1) is 17.2 Å². The van der Waals surface area contributed by atoms with Crippen LogP contribution in [0.5, 0.6) is 0 Å². The van der Waals surface area contributed by atoms with Crippen LogP contribution < -0.4 is 0 Å². The van der Waals surface area contributed by atoms with Crippen LogP contribution in [0.3, 0.4) is 0 Å². The highest BCUT2D eigenvalue weighted by atomic mass is 16.2. The van der Waals surface area contributed by atoms with Gasteiger partial charge >= 0.3 is 0 Å². The molecular weight excluding hydrogens is 176 g/mol. The lowest BCUT2D eigenvalue weighted by Crippen LogP contribution is -2.40. The van der Waals surface area contributed by atoms with Crippen LogP contribution in [0.15, 0.2) is 0 Å². The van der Waals surface area contributed by atoms with Gasteiger partial charge in [0.2, 0.25) is 5.91 Å². The zero-order valence-corrected chi connectivity index (χ0v) is 9.58. The van der Waals surface area contributed by atoms with Gasteiger partial charge in [0.25, 0.3) is 0 Å². The maximum atomic E-state index is 11.8. The molecule has 0 aromatic carbocycles. The molecular formula is C11H20N2O. The fraction of sp³-hybridized carbons (Fsp3) is 0.818. The summed E-state index contributed by atoms with van der Waals surface area (Å²) in [4.78, 5) is 13.6. The van der Waals surface area contributed by atoms with E-state index in [0.717, 1.165) is 6.42 Å². The van der Waals surface area contributed by atoms with E-state index in [1.165, 1.54) is 0 Å². The molecule has 0 fully saturated rings. The van der Waals surface area contributed by atoms with E-state index in [4.69, 9.17) is 5.26 Å². The number of carbonyl (C=O) groups is 1. The predicted molar refractivity (Wildman–Crippen MR) is 56.5 cm³/mol. The summed E-state index contributed by atoms with van der Waals surface area (Å²) in [6.45, 7) is 8.56. The first kappa shape index (κ1) is 13.0. The summed E-state index contributed by atoms with van der Waals surface area (Å²) in [5.41, 5.74) is 0. The van der Waals surface area contributed by atoms with Crippen molar-refractivity contribution in [3.05, 3.63) is 0 Å². The van der Waals surface area contributed by atoms with Gasteiger partial charge in [0.15, 0.2) is 0 Å². The second-order valence-electron chi connectivity index (χ2n) is 3.69. The van der Waals surface area contributed by atoms with Crippen molar-refractivity contribution in [1.82, 2.24) is 4.90 Å². The molecule has 0 saturated carbocycles. The molecule has 0 aliphatic heterocycles. The third kappa shape index (κ3) is 3.37. The third-order valence-electron chi connectivity index (χ3n) is 2.28. The molecule has 1 unspecified atom stereocenters. The standard InChI is InChI=1S/C11H20N2O/c1-5-7-10(8-12)11(14)13(6-2)9(3)4/h9-10H,5-7H2,1-4H3. The molecule has 0 aromatic heterocycles. The zero-order chi connectivity index (χ0) is 11.1. The molecule has 0 radical (unpaired) electrons. The Bertz CT molecular complexity index is 218. The fourth-order valence-corrected chi connectivity index (χ4v) is 1.51. The van der Waals surface area contributed by atoms with Crippen molar-refractivity contribution in [2.24, 2.45) is 5.92 Å². The highest BCUT2D eigenvalue weighted by Crippen LogP contribution is 2.11. The summed E-state index contributed by atoms with van der Waals surface area (Å²) in [6, 6.07) is 2.26. The van der Waals surface area contributed by atoms with Gasteiger partial charge in [0.05, 0.1) is 6.07 Å². The van der Waals surface area contributed by atoms with Gasteiger partial charge < -0.3 is 4.90 Å². The Balaban J connectivity index is 4.47. The molecule has 0 aliphatic rings. The van der Waals surface area contributed by atoms with Gasteiger partial charge in [0, 0.05) is 12.6 Å².